The molecule has 5 rings (SSSR count). The van der Waals surface area contributed by atoms with Gasteiger partial charge in [0.2, 0.25) is 12.7 Å². The Hall–Kier alpha value is -4.01. The number of anilines is 1. The van der Waals surface area contributed by atoms with Gasteiger partial charge in [0.15, 0.2) is 11.5 Å². The second-order valence-electron chi connectivity index (χ2n) is 10.4. The predicted octanol–water partition coefficient (Wildman–Crippen LogP) is 6.49. The quantitative estimate of drug-likeness (QED) is 0.271. The van der Waals surface area contributed by atoms with E-state index in [-0.39, 0.29) is 37.1 Å². The van der Waals surface area contributed by atoms with Crippen molar-refractivity contribution in [3.8, 4) is 17.2 Å². The Kier molecular flexibility index (Phi) is 7.74. The van der Waals surface area contributed by atoms with E-state index in [1.807, 2.05) is 57.2 Å². The molecule has 0 unspecified atom stereocenters. The van der Waals surface area contributed by atoms with Gasteiger partial charge in [0.05, 0.1) is 21.4 Å². The Morgan fingerprint density at radius 2 is 1.70 bits per heavy atom. The van der Waals surface area contributed by atoms with Crippen molar-refractivity contribution in [2.75, 3.05) is 18.7 Å². The maximum Gasteiger partial charge on any atom is 0.254 e. The highest BCUT2D eigenvalue weighted by molar-refractivity contribution is 6.42. The number of benzene rings is 3. The molecule has 0 radical (unpaired) electrons. The van der Waals surface area contributed by atoms with E-state index in [2.05, 4.69) is 5.32 Å². The number of nitrogens with one attached hydrogen (secondary N) is 1. The minimum Gasteiger partial charge on any atom is -0.454 e. The highest BCUT2D eigenvalue weighted by atomic mass is 35.5. The van der Waals surface area contributed by atoms with Crippen LogP contribution in [0.15, 0.2) is 72.8 Å². The topological polar surface area (TPSA) is 85.7 Å². The van der Waals surface area contributed by atoms with E-state index in [1.165, 1.54) is 4.90 Å². The van der Waals surface area contributed by atoms with Crippen LogP contribution < -0.4 is 14.8 Å². The van der Waals surface area contributed by atoms with Crippen LogP contribution in [0.1, 0.15) is 42.4 Å². The fraction of sp³-hybridized carbons (Fsp3) is 0.233. The summed E-state index contributed by atoms with van der Waals surface area (Å²) in [7, 11) is 0. The Balaban J connectivity index is 1.43. The molecule has 0 saturated carbocycles. The van der Waals surface area contributed by atoms with Crippen LogP contribution in [0.5, 0.6) is 11.5 Å². The van der Waals surface area contributed by atoms with Crippen molar-refractivity contribution in [3.05, 3.63) is 99.7 Å². The number of fused-ring (bicyclic) bond motifs is 1. The van der Waals surface area contributed by atoms with Gasteiger partial charge in [-0.15, -0.1) is 0 Å². The number of ether oxygens (including phenoxy) is 2. The van der Waals surface area contributed by atoms with Crippen LogP contribution in [0.4, 0.5) is 5.82 Å². The van der Waals surface area contributed by atoms with Gasteiger partial charge in [0.25, 0.3) is 5.91 Å². The number of nitrogens with zero attached hydrogens (tertiary/aromatic N) is 3. The third-order valence-electron chi connectivity index (χ3n) is 6.35. The molecule has 0 atom stereocenters. The molecule has 1 aromatic heterocycles. The maximum absolute atomic E-state index is 13.6. The molecule has 0 bridgehead atoms. The number of hydrogen-bond acceptors (Lipinski definition) is 5. The normalized spacial score (nSPS) is 12.3. The van der Waals surface area contributed by atoms with Crippen LogP contribution in [-0.2, 0) is 16.8 Å². The Bertz CT molecular complexity index is 1560. The Morgan fingerprint density at radius 1 is 0.950 bits per heavy atom. The number of aromatic nitrogens is 2. The fourth-order valence-electron chi connectivity index (χ4n) is 4.22. The molecule has 2 amide bonds. The second kappa shape index (κ2) is 11.2. The smallest absolute Gasteiger partial charge is 0.254 e. The molecule has 1 aliphatic heterocycles. The molecule has 0 spiro atoms. The molecule has 3 aromatic carbocycles. The predicted molar refractivity (Wildman–Crippen MR) is 155 cm³/mol. The minimum atomic E-state index is -0.383. The van der Waals surface area contributed by atoms with Crippen molar-refractivity contribution in [1.29, 1.82) is 0 Å². The summed E-state index contributed by atoms with van der Waals surface area (Å²) < 4.78 is 12.4. The van der Waals surface area contributed by atoms with Gasteiger partial charge in [0, 0.05) is 23.6 Å². The van der Waals surface area contributed by atoms with Gasteiger partial charge in [-0.25, -0.2) is 4.68 Å². The van der Waals surface area contributed by atoms with Crippen molar-refractivity contribution in [3.63, 3.8) is 0 Å². The molecule has 8 nitrogen and oxygen atoms in total. The lowest BCUT2D eigenvalue weighted by molar-refractivity contribution is -0.117. The van der Waals surface area contributed by atoms with Crippen LogP contribution in [0.25, 0.3) is 5.69 Å². The molecule has 0 saturated heterocycles. The van der Waals surface area contributed by atoms with Crippen molar-refractivity contribution in [2.45, 2.75) is 32.7 Å². The summed E-state index contributed by atoms with van der Waals surface area (Å²) in [6.07, 6.45) is 0. The summed E-state index contributed by atoms with van der Waals surface area (Å²) in [5, 5.41) is 8.46. The number of carbonyl (C=O) groups excluding carboxylic acids is 2. The molecule has 1 aliphatic rings. The van der Waals surface area contributed by atoms with E-state index in [9.17, 15) is 9.59 Å². The van der Waals surface area contributed by atoms with Crippen LogP contribution in [0, 0.1) is 0 Å². The summed E-state index contributed by atoms with van der Waals surface area (Å²) >= 11 is 12.4. The third kappa shape index (κ3) is 6.08. The zero-order valence-electron chi connectivity index (χ0n) is 22.3. The largest absolute Gasteiger partial charge is 0.454 e. The first-order valence-electron chi connectivity index (χ1n) is 12.7. The van der Waals surface area contributed by atoms with Gasteiger partial charge in [0.1, 0.15) is 12.4 Å². The van der Waals surface area contributed by atoms with Crippen molar-refractivity contribution >= 4 is 40.8 Å². The van der Waals surface area contributed by atoms with Gasteiger partial charge < -0.3 is 19.7 Å². The summed E-state index contributed by atoms with van der Waals surface area (Å²) in [5.74, 6) is 0.824. The monoisotopic (exact) mass is 578 g/mol. The van der Waals surface area contributed by atoms with Gasteiger partial charge in [-0.1, -0.05) is 74.3 Å². The number of carbonyl (C=O) groups is 2. The lowest BCUT2D eigenvalue weighted by atomic mass is 9.92. The molecule has 206 valence electrons. The molecule has 0 aliphatic carbocycles. The van der Waals surface area contributed by atoms with E-state index in [0.29, 0.717) is 38.6 Å². The highest BCUT2D eigenvalue weighted by Crippen LogP contribution is 2.33. The Labute approximate surface area is 242 Å². The SMILES string of the molecule is CC(C)(C)c1cc(NC(=O)CN(Cc2ccccc2)C(=O)c2ccc3c(c2)OCO3)n(-c2ccc(Cl)c(Cl)c2)n1. The average molecular weight is 579 g/mol. The van der Waals surface area contributed by atoms with E-state index in [0.717, 1.165) is 11.3 Å². The first-order chi connectivity index (χ1) is 19.1. The van der Waals surface area contributed by atoms with Crippen LogP contribution in [-0.4, -0.2) is 39.8 Å². The summed E-state index contributed by atoms with van der Waals surface area (Å²) in [6.45, 7) is 6.25. The average Bonchev–Trinajstić information content (AvgIpc) is 3.57. The zero-order chi connectivity index (χ0) is 28.4. The van der Waals surface area contributed by atoms with Crippen LogP contribution in [0.2, 0.25) is 10.0 Å². The highest BCUT2D eigenvalue weighted by Gasteiger charge is 2.25. The fourth-order valence-corrected chi connectivity index (χ4v) is 4.51. The first-order valence-corrected chi connectivity index (χ1v) is 13.4. The van der Waals surface area contributed by atoms with E-state index >= 15 is 0 Å². The van der Waals surface area contributed by atoms with E-state index in [4.69, 9.17) is 37.8 Å². The van der Waals surface area contributed by atoms with E-state index in [1.54, 1.807) is 41.1 Å². The lowest BCUT2D eigenvalue weighted by Gasteiger charge is -2.23. The van der Waals surface area contributed by atoms with Gasteiger partial charge >= 0.3 is 0 Å². The molecule has 0 fully saturated rings. The lowest BCUT2D eigenvalue weighted by Crippen LogP contribution is -2.37. The van der Waals surface area contributed by atoms with E-state index < -0.39 is 0 Å². The minimum absolute atomic E-state index is 0.103. The molecular formula is C30H28Cl2N4O4. The summed E-state index contributed by atoms with van der Waals surface area (Å²) in [6, 6.07) is 21.5. The number of rotatable bonds is 7. The molecule has 40 heavy (non-hydrogen) atoms. The molecule has 10 heteroatoms. The van der Waals surface area contributed by atoms with Gasteiger partial charge in [-0.2, -0.15) is 5.10 Å². The van der Waals surface area contributed by atoms with Gasteiger partial charge in [-0.05, 0) is 42.0 Å². The molecule has 2 heterocycles. The maximum atomic E-state index is 13.6. The van der Waals surface area contributed by atoms with Crippen molar-refractivity contribution in [2.24, 2.45) is 0 Å². The Morgan fingerprint density at radius 3 is 2.42 bits per heavy atom. The summed E-state index contributed by atoms with van der Waals surface area (Å²) in [5.41, 5.74) is 2.41. The molecular weight excluding hydrogens is 551 g/mol. The molecule has 4 aromatic rings. The van der Waals surface area contributed by atoms with Crippen LogP contribution >= 0.6 is 23.2 Å². The number of hydrogen-bond donors (Lipinski definition) is 1. The standard InChI is InChI=1S/C30H28Cl2N4O4/c1-30(2,3)26-15-27(36(34-26)21-10-11-22(31)23(32)14-21)33-28(37)17-35(16-19-7-5-4-6-8-19)29(38)20-9-12-24-25(13-20)40-18-39-24/h4-15H,16-18H2,1-3H3,(H,33,37). The third-order valence-corrected chi connectivity index (χ3v) is 7.09. The zero-order valence-corrected chi connectivity index (χ0v) is 23.8. The number of amides is 2. The van der Waals surface area contributed by atoms with Crippen LogP contribution in [0.3, 0.4) is 0 Å². The second-order valence-corrected chi connectivity index (χ2v) is 11.3. The number of halogens is 2. The van der Waals surface area contributed by atoms with Gasteiger partial charge in [-0.3, -0.25) is 9.59 Å². The summed E-state index contributed by atoms with van der Waals surface area (Å²) in [4.78, 5) is 28.6. The van der Waals surface area contributed by atoms with Crippen molar-refractivity contribution < 1.29 is 19.1 Å². The molecule has 1 N–H and O–H groups in total. The van der Waals surface area contributed by atoms with Crippen molar-refractivity contribution in [1.82, 2.24) is 14.7 Å². The first kappa shape index (κ1) is 27.6.